The van der Waals surface area contributed by atoms with Crippen LogP contribution in [0.1, 0.15) is 34.5 Å². The van der Waals surface area contributed by atoms with E-state index < -0.39 is 0 Å². The van der Waals surface area contributed by atoms with E-state index in [2.05, 4.69) is 26.7 Å². The van der Waals surface area contributed by atoms with Crippen molar-refractivity contribution >= 4 is 17.5 Å². The van der Waals surface area contributed by atoms with E-state index in [1.165, 1.54) is 12.4 Å². The zero-order chi connectivity index (χ0) is 18.4. The molecule has 6 heteroatoms. The summed E-state index contributed by atoms with van der Waals surface area (Å²) in [6.07, 6.45) is 2.91. The van der Waals surface area contributed by atoms with Gasteiger partial charge in [-0.05, 0) is 24.6 Å². The Labute approximate surface area is 151 Å². The van der Waals surface area contributed by atoms with Crippen LogP contribution in [0.3, 0.4) is 0 Å². The van der Waals surface area contributed by atoms with Crippen LogP contribution in [0.5, 0.6) is 0 Å². The molecule has 1 heterocycles. The van der Waals surface area contributed by atoms with Crippen molar-refractivity contribution in [3.05, 3.63) is 83.7 Å². The van der Waals surface area contributed by atoms with Gasteiger partial charge < -0.3 is 10.6 Å². The summed E-state index contributed by atoms with van der Waals surface area (Å²) in [5.41, 5.74) is 2.50. The number of carbonyl (C=O) groups excluding carboxylic acids is 1. The molecule has 1 aromatic heterocycles. The topological polar surface area (TPSA) is 90.7 Å². The standard InChI is InChI=1S/C20H17N5O/c1-14(15-7-3-2-4-8-15)24-19(26)17-12-22-20(23-13-17)25-18-10-6-5-9-16(18)11-21/h2-10,12-14H,1H3,(H,24,26)(H,22,23,25). The minimum absolute atomic E-state index is 0.121. The van der Waals surface area contributed by atoms with Crippen molar-refractivity contribution in [1.29, 1.82) is 5.26 Å². The minimum atomic E-state index is -0.245. The third kappa shape index (κ3) is 4.02. The molecule has 2 N–H and O–H groups in total. The molecule has 0 saturated heterocycles. The highest BCUT2D eigenvalue weighted by molar-refractivity contribution is 5.93. The number of hydrogen-bond acceptors (Lipinski definition) is 5. The number of amides is 1. The average Bonchev–Trinajstić information content (AvgIpc) is 2.69. The van der Waals surface area contributed by atoms with Crippen molar-refractivity contribution in [2.45, 2.75) is 13.0 Å². The predicted molar refractivity (Wildman–Crippen MR) is 98.8 cm³/mol. The molecule has 0 aliphatic rings. The first-order chi connectivity index (χ1) is 12.7. The van der Waals surface area contributed by atoms with Crippen molar-refractivity contribution in [1.82, 2.24) is 15.3 Å². The lowest BCUT2D eigenvalue weighted by molar-refractivity contribution is 0.0939. The number of hydrogen-bond donors (Lipinski definition) is 2. The van der Waals surface area contributed by atoms with Gasteiger partial charge >= 0.3 is 0 Å². The van der Waals surface area contributed by atoms with Crippen LogP contribution < -0.4 is 10.6 Å². The molecule has 0 fully saturated rings. The Hall–Kier alpha value is -3.72. The van der Waals surface area contributed by atoms with Gasteiger partial charge in [0.25, 0.3) is 5.91 Å². The van der Waals surface area contributed by atoms with Crippen LogP contribution in [0.4, 0.5) is 11.6 Å². The molecule has 0 aliphatic carbocycles. The number of benzene rings is 2. The molecular formula is C20H17N5O. The molecule has 26 heavy (non-hydrogen) atoms. The first-order valence-electron chi connectivity index (χ1n) is 8.11. The van der Waals surface area contributed by atoms with Gasteiger partial charge in [-0.2, -0.15) is 5.26 Å². The summed E-state index contributed by atoms with van der Waals surface area (Å²) in [6, 6.07) is 18.8. The zero-order valence-electron chi connectivity index (χ0n) is 14.2. The fourth-order valence-corrected chi connectivity index (χ4v) is 2.42. The van der Waals surface area contributed by atoms with Gasteiger partial charge in [0.2, 0.25) is 5.95 Å². The SMILES string of the molecule is CC(NC(=O)c1cnc(Nc2ccccc2C#N)nc1)c1ccccc1. The molecule has 6 nitrogen and oxygen atoms in total. The lowest BCUT2D eigenvalue weighted by atomic mass is 10.1. The van der Waals surface area contributed by atoms with Gasteiger partial charge in [-0.3, -0.25) is 4.79 Å². The summed E-state index contributed by atoms with van der Waals surface area (Å²) >= 11 is 0. The van der Waals surface area contributed by atoms with Gasteiger partial charge in [-0.1, -0.05) is 42.5 Å². The molecule has 0 saturated carbocycles. The number of anilines is 2. The van der Waals surface area contributed by atoms with E-state index in [4.69, 9.17) is 5.26 Å². The molecular weight excluding hydrogens is 326 g/mol. The maximum absolute atomic E-state index is 12.3. The van der Waals surface area contributed by atoms with Crippen LogP contribution in [-0.4, -0.2) is 15.9 Å². The Bertz CT molecular complexity index is 932. The molecule has 2 aromatic carbocycles. The maximum atomic E-state index is 12.3. The van der Waals surface area contributed by atoms with Crippen molar-refractivity contribution in [3.63, 3.8) is 0 Å². The summed E-state index contributed by atoms with van der Waals surface area (Å²) in [6.45, 7) is 1.92. The number of nitriles is 1. The Morgan fingerprint density at radius 1 is 1.04 bits per heavy atom. The van der Waals surface area contributed by atoms with E-state index in [-0.39, 0.29) is 11.9 Å². The largest absolute Gasteiger partial charge is 0.345 e. The van der Waals surface area contributed by atoms with Crippen molar-refractivity contribution in [3.8, 4) is 6.07 Å². The number of nitrogens with zero attached hydrogens (tertiary/aromatic N) is 3. The second kappa shape index (κ2) is 7.90. The number of carbonyl (C=O) groups is 1. The van der Waals surface area contributed by atoms with Gasteiger partial charge in [-0.15, -0.1) is 0 Å². The van der Waals surface area contributed by atoms with Crippen LogP contribution in [0, 0.1) is 11.3 Å². The molecule has 0 aliphatic heterocycles. The number of nitrogens with one attached hydrogen (secondary N) is 2. The number of para-hydroxylation sites is 1. The molecule has 0 bridgehead atoms. The third-order valence-electron chi connectivity index (χ3n) is 3.86. The van der Waals surface area contributed by atoms with Crippen LogP contribution in [0.2, 0.25) is 0 Å². The van der Waals surface area contributed by atoms with Gasteiger partial charge in [0.1, 0.15) is 6.07 Å². The van der Waals surface area contributed by atoms with E-state index >= 15 is 0 Å². The zero-order valence-corrected chi connectivity index (χ0v) is 14.2. The Kier molecular flexibility index (Phi) is 5.20. The first-order valence-corrected chi connectivity index (χ1v) is 8.11. The van der Waals surface area contributed by atoms with Crippen LogP contribution >= 0.6 is 0 Å². The highest BCUT2D eigenvalue weighted by Crippen LogP contribution is 2.17. The minimum Gasteiger partial charge on any atom is -0.345 e. The summed E-state index contributed by atoms with van der Waals surface area (Å²) < 4.78 is 0. The van der Waals surface area contributed by atoms with Gasteiger partial charge in [0.05, 0.1) is 22.9 Å². The molecule has 3 rings (SSSR count). The predicted octanol–water partition coefficient (Wildman–Crippen LogP) is 3.58. The molecule has 1 atom stereocenters. The molecule has 0 spiro atoms. The van der Waals surface area contributed by atoms with Gasteiger partial charge in [-0.25, -0.2) is 9.97 Å². The summed E-state index contributed by atoms with van der Waals surface area (Å²) in [4.78, 5) is 20.7. The van der Waals surface area contributed by atoms with E-state index in [0.717, 1.165) is 5.56 Å². The molecule has 128 valence electrons. The third-order valence-corrected chi connectivity index (χ3v) is 3.86. The smallest absolute Gasteiger partial charge is 0.254 e. The van der Waals surface area contributed by atoms with Gasteiger partial charge in [0.15, 0.2) is 0 Å². The first kappa shape index (κ1) is 17.1. The monoisotopic (exact) mass is 343 g/mol. The fraction of sp³-hybridized carbons (Fsp3) is 0.100. The Balaban J connectivity index is 1.67. The summed E-state index contributed by atoms with van der Waals surface area (Å²) in [5.74, 6) is 0.0747. The second-order valence-electron chi connectivity index (χ2n) is 5.68. The quantitative estimate of drug-likeness (QED) is 0.739. The van der Waals surface area contributed by atoms with Crippen LogP contribution in [0.25, 0.3) is 0 Å². The van der Waals surface area contributed by atoms with E-state index in [1.54, 1.807) is 18.2 Å². The second-order valence-corrected chi connectivity index (χ2v) is 5.68. The number of aromatic nitrogens is 2. The Morgan fingerprint density at radius 3 is 2.38 bits per heavy atom. The number of rotatable bonds is 5. The van der Waals surface area contributed by atoms with E-state index in [1.807, 2.05) is 43.3 Å². The molecule has 0 radical (unpaired) electrons. The molecule has 1 amide bonds. The van der Waals surface area contributed by atoms with Crippen LogP contribution in [-0.2, 0) is 0 Å². The van der Waals surface area contributed by atoms with Crippen LogP contribution in [0.15, 0.2) is 67.0 Å². The van der Waals surface area contributed by atoms with E-state index in [0.29, 0.717) is 22.8 Å². The van der Waals surface area contributed by atoms with Gasteiger partial charge in [0, 0.05) is 12.4 Å². The highest BCUT2D eigenvalue weighted by atomic mass is 16.1. The van der Waals surface area contributed by atoms with Crippen molar-refractivity contribution in [2.75, 3.05) is 5.32 Å². The Morgan fingerprint density at radius 2 is 1.69 bits per heavy atom. The summed E-state index contributed by atoms with van der Waals surface area (Å²) in [5, 5.41) is 15.0. The van der Waals surface area contributed by atoms with Crippen molar-refractivity contribution in [2.24, 2.45) is 0 Å². The average molecular weight is 343 g/mol. The molecule has 3 aromatic rings. The van der Waals surface area contributed by atoms with E-state index in [9.17, 15) is 4.79 Å². The van der Waals surface area contributed by atoms with Crippen molar-refractivity contribution < 1.29 is 4.79 Å². The summed E-state index contributed by atoms with van der Waals surface area (Å²) in [7, 11) is 0. The maximum Gasteiger partial charge on any atom is 0.254 e. The lowest BCUT2D eigenvalue weighted by Gasteiger charge is -2.14. The lowest BCUT2D eigenvalue weighted by Crippen LogP contribution is -2.26. The fourth-order valence-electron chi connectivity index (χ4n) is 2.42. The normalized spacial score (nSPS) is 11.2. The highest BCUT2D eigenvalue weighted by Gasteiger charge is 2.12. The molecule has 1 unspecified atom stereocenters.